The highest BCUT2D eigenvalue weighted by Crippen LogP contribution is 2.19. The van der Waals surface area contributed by atoms with Gasteiger partial charge in [0.2, 0.25) is 0 Å². The van der Waals surface area contributed by atoms with Crippen LogP contribution in [0.15, 0.2) is 22.7 Å². The number of hydrogen-bond donors (Lipinski definition) is 2. The van der Waals surface area contributed by atoms with Crippen LogP contribution in [0.1, 0.15) is 16.2 Å². The van der Waals surface area contributed by atoms with E-state index in [1.54, 1.807) is 6.92 Å². The van der Waals surface area contributed by atoms with Crippen molar-refractivity contribution in [2.45, 2.75) is 6.92 Å². The zero-order valence-corrected chi connectivity index (χ0v) is 8.77. The Morgan fingerprint density at radius 3 is 2.88 bits per heavy atom. The Bertz CT molecular complexity index is 568. The molecule has 0 aliphatic rings. The van der Waals surface area contributed by atoms with Gasteiger partial charge in [-0.25, -0.2) is 4.39 Å². The molecule has 7 heteroatoms. The summed E-state index contributed by atoms with van der Waals surface area (Å²) in [5.74, 6) is -1.39. The predicted octanol–water partition coefficient (Wildman–Crippen LogP) is 1.48. The topological polar surface area (TPSA) is 88.2 Å². The highest BCUT2D eigenvalue weighted by atomic mass is 19.1. The van der Waals surface area contributed by atoms with E-state index in [0.717, 1.165) is 18.2 Å². The Morgan fingerprint density at radius 1 is 1.53 bits per heavy atom. The van der Waals surface area contributed by atoms with Gasteiger partial charge in [-0.3, -0.25) is 10.1 Å². The molecule has 17 heavy (non-hydrogen) atoms. The number of halogens is 1. The molecule has 2 aromatic rings. The molecule has 1 heterocycles. The molecule has 0 spiro atoms. The second-order valence-electron chi connectivity index (χ2n) is 3.26. The molecule has 2 rings (SSSR count). The summed E-state index contributed by atoms with van der Waals surface area (Å²) in [4.78, 5) is 15.4. The van der Waals surface area contributed by atoms with Crippen LogP contribution in [0.3, 0.4) is 0 Å². The van der Waals surface area contributed by atoms with Gasteiger partial charge in [0.25, 0.3) is 5.91 Å². The van der Waals surface area contributed by atoms with Gasteiger partial charge in [0.15, 0.2) is 5.82 Å². The molecule has 0 saturated carbocycles. The number of amides is 1. The molecule has 0 radical (unpaired) electrons. The summed E-state index contributed by atoms with van der Waals surface area (Å²) in [6.45, 7) is 1.59. The second kappa shape index (κ2) is 4.20. The number of phenolic OH excluding ortho intramolecular Hbond substituents is 1. The Labute approximate surface area is 95.1 Å². The number of aryl methyl sites for hydroxylation is 1. The average molecular weight is 237 g/mol. The molecule has 0 aliphatic heterocycles. The van der Waals surface area contributed by atoms with Crippen molar-refractivity contribution < 1.29 is 18.8 Å². The van der Waals surface area contributed by atoms with Gasteiger partial charge in [-0.1, -0.05) is 5.16 Å². The van der Waals surface area contributed by atoms with Crippen LogP contribution in [0.5, 0.6) is 5.75 Å². The number of nitrogens with zero attached hydrogens (tertiary/aromatic N) is 2. The van der Waals surface area contributed by atoms with E-state index in [4.69, 9.17) is 0 Å². The lowest BCUT2D eigenvalue weighted by atomic mass is 10.2. The maximum Gasteiger partial charge on any atom is 0.328 e. The van der Waals surface area contributed by atoms with E-state index in [-0.39, 0.29) is 11.6 Å². The third-order valence-electron chi connectivity index (χ3n) is 1.95. The minimum absolute atomic E-state index is 0.0812. The van der Waals surface area contributed by atoms with Gasteiger partial charge < -0.3 is 9.63 Å². The zero-order valence-electron chi connectivity index (χ0n) is 8.77. The van der Waals surface area contributed by atoms with Crippen molar-refractivity contribution in [3.63, 3.8) is 0 Å². The maximum absolute atomic E-state index is 12.7. The Kier molecular flexibility index (Phi) is 2.73. The molecule has 2 N–H and O–H groups in total. The van der Waals surface area contributed by atoms with Crippen molar-refractivity contribution in [3.05, 3.63) is 35.4 Å². The molecule has 0 unspecified atom stereocenters. The standard InChI is InChI=1S/C10H8FN3O3/c1-5-12-10(17-14-5)13-9(16)7-3-2-6(11)4-8(7)15/h2-4,15H,1H3,(H,12,13,14,16). The van der Waals surface area contributed by atoms with E-state index in [0.29, 0.717) is 5.82 Å². The zero-order chi connectivity index (χ0) is 12.4. The van der Waals surface area contributed by atoms with Crippen molar-refractivity contribution >= 4 is 11.9 Å². The molecule has 1 aromatic carbocycles. The monoisotopic (exact) mass is 237 g/mol. The van der Waals surface area contributed by atoms with Crippen LogP contribution in [0.25, 0.3) is 0 Å². The number of aromatic hydroxyl groups is 1. The summed E-state index contributed by atoms with van der Waals surface area (Å²) in [5, 5.41) is 15.1. The lowest BCUT2D eigenvalue weighted by Crippen LogP contribution is -2.12. The SMILES string of the molecule is Cc1noc(NC(=O)c2ccc(F)cc2O)n1. The molecule has 0 bridgehead atoms. The summed E-state index contributed by atoms with van der Waals surface area (Å²) in [5.41, 5.74) is -0.0812. The Balaban J connectivity index is 2.20. The van der Waals surface area contributed by atoms with Crippen LogP contribution in [-0.2, 0) is 0 Å². The van der Waals surface area contributed by atoms with Crippen LogP contribution in [0.2, 0.25) is 0 Å². The lowest BCUT2D eigenvalue weighted by molar-refractivity contribution is 0.102. The molecule has 0 saturated heterocycles. The van der Waals surface area contributed by atoms with Crippen LogP contribution >= 0.6 is 0 Å². The minimum atomic E-state index is -0.661. The summed E-state index contributed by atoms with van der Waals surface area (Å²) in [6, 6.07) is 2.97. The number of rotatable bonds is 2. The number of phenols is 1. The molecule has 1 aromatic heterocycles. The summed E-state index contributed by atoms with van der Waals surface area (Å²) in [7, 11) is 0. The van der Waals surface area contributed by atoms with Crippen LogP contribution in [0, 0.1) is 12.7 Å². The third kappa shape index (κ3) is 2.39. The van der Waals surface area contributed by atoms with E-state index in [1.165, 1.54) is 0 Å². The van der Waals surface area contributed by atoms with Gasteiger partial charge in [-0.15, -0.1) is 0 Å². The van der Waals surface area contributed by atoms with Gasteiger partial charge in [0, 0.05) is 6.07 Å². The van der Waals surface area contributed by atoms with Crippen molar-refractivity contribution in [1.82, 2.24) is 10.1 Å². The third-order valence-corrected chi connectivity index (χ3v) is 1.95. The second-order valence-corrected chi connectivity index (χ2v) is 3.26. The highest BCUT2D eigenvalue weighted by Gasteiger charge is 2.14. The van der Waals surface area contributed by atoms with E-state index in [9.17, 15) is 14.3 Å². The fourth-order valence-electron chi connectivity index (χ4n) is 1.21. The minimum Gasteiger partial charge on any atom is -0.507 e. The molecular weight excluding hydrogens is 229 g/mol. The smallest absolute Gasteiger partial charge is 0.328 e. The summed E-state index contributed by atoms with van der Waals surface area (Å²) in [6.07, 6.45) is 0. The molecule has 88 valence electrons. The van der Waals surface area contributed by atoms with Crippen LogP contribution in [-0.4, -0.2) is 21.2 Å². The number of carbonyl (C=O) groups excluding carboxylic acids is 1. The predicted molar refractivity (Wildman–Crippen MR) is 55.1 cm³/mol. The van der Waals surface area contributed by atoms with E-state index >= 15 is 0 Å². The number of hydrogen-bond acceptors (Lipinski definition) is 5. The van der Waals surface area contributed by atoms with Gasteiger partial charge >= 0.3 is 6.01 Å². The average Bonchev–Trinajstić information content (AvgIpc) is 2.63. The first-order valence-corrected chi connectivity index (χ1v) is 4.66. The molecule has 0 aliphatic carbocycles. The molecule has 1 amide bonds. The lowest BCUT2D eigenvalue weighted by Gasteiger charge is -2.02. The summed E-state index contributed by atoms with van der Waals surface area (Å²) >= 11 is 0. The van der Waals surface area contributed by atoms with Gasteiger partial charge in [-0.2, -0.15) is 4.98 Å². The number of aromatic nitrogens is 2. The Hall–Kier alpha value is -2.44. The molecule has 0 fully saturated rings. The van der Waals surface area contributed by atoms with Gasteiger partial charge in [0.05, 0.1) is 5.56 Å². The first kappa shape index (κ1) is 11.1. The first-order valence-electron chi connectivity index (χ1n) is 4.66. The molecule has 6 nitrogen and oxygen atoms in total. The van der Waals surface area contributed by atoms with Crippen LogP contribution < -0.4 is 5.32 Å². The molecule has 0 atom stereocenters. The Morgan fingerprint density at radius 2 is 2.29 bits per heavy atom. The van der Waals surface area contributed by atoms with E-state index in [1.807, 2.05) is 0 Å². The first-order chi connectivity index (χ1) is 8.06. The van der Waals surface area contributed by atoms with Crippen molar-refractivity contribution in [2.24, 2.45) is 0 Å². The van der Waals surface area contributed by atoms with E-state index < -0.39 is 17.5 Å². The fraction of sp³-hybridized carbons (Fsp3) is 0.100. The van der Waals surface area contributed by atoms with Crippen molar-refractivity contribution in [2.75, 3.05) is 5.32 Å². The van der Waals surface area contributed by atoms with Gasteiger partial charge in [-0.05, 0) is 19.1 Å². The number of nitrogens with one attached hydrogen (secondary N) is 1. The maximum atomic E-state index is 12.7. The molecular formula is C10H8FN3O3. The largest absolute Gasteiger partial charge is 0.507 e. The van der Waals surface area contributed by atoms with Crippen LogP contribution in [0.4, 0.5) is 10.4 Å². The number of benzene rings is 1. The van der Waals surface area contributed by atoms with Gasteiger partial charge in [0.1, 0.15) is 11.6 Å². The number of anilines is 1. The fourth-order valence-corrected chi connectivity index (χ4v) is 1.21. The highest BCUT2D eigenvalue weighted by molar-refractivity contribution is 6.05. The van der Waals surface area contributed by atoms with E-state index in [2.05, 4.69) is 20.0 Å². The number of carbonyl (C=O) groups is 1. The van der Waals surface area contributed by atoms with Crippen molar-refractivity contribution in [3.8, 4) is 5.75 Å². The normalized spacial score (nSPS) is 10.2. The summed E-state index contributed by atoms with van der Waals surface area (Å²) < 4.78 is 17.4. The quantitative estimate of drug-likeness (QED) is 0.825. The van der Waals surface area contributed by atoms with Crippen molar-refractivity contribution in [1.29, 1.82) is 0 Å².